The molecule has 1 aromatic carbocycles. The number of hydrogen-bond donors (Lipinski definition) is 3. The van der Waals surface area contributed by atoms with Gasteiger partial charge < -0.3 is 16.0 Å². The number of amides is 3. The van der Waals surface area contributed by atoms with Crippen molar-refractivity contribution in [2.24, 2.45) is 5.92 Å². The summed E-state index contributed by atoms with van der Waals surface area (Å²) in [6.07, 6.45) is 3.31. The molecule has 0 heterocycles. The number of halogens is 2. The maximum atomic E-state index is 12.4. The third kappa shape index (κ3) is 6.08. The summed E-state index contributed by atoms with van der Waals surface area (Å²) in [4.78, 5) is 24.2. The van der Waals surface area contributed by atoms with Crippen molar-refractivity contribution in [3.63, 3.8) is 0 Å². The van der Waals surface area contributed by atoms with Gasteiger partial charge in [-0.05, 0) is 43.7 Å². The van der Waals surface area contributed by atoms with Gasteiger partial charge in [-0.3, -0.25) is 4.79 Å². The van der Waals surface area contributed by atoms with Crippen LogP contribution >= 0.6 is 23.2 Å². The molecule has 138 valence electrons. The van der Waals surface area contributed by atoms with E-state index in [1.807, 2.05) is 0 Å². The quantitative estimate of drug-likeness (QED) is 0.716. The molecule has 1 fully saturated rings. The van der Waals surface area contributed by atoms with E-state index in [1.54, 1.807) is 18.2 Å². The number of rotatable bonds is 5. The van der Waals surface area contributed by atoms with Crippen LogP contribution in [0.3, 0.4) is 0 Å². The van der Waals surface area contributed by atoms with Gasteiger partial charge in [-0.15, -0.1) is 0 Å². The van der Waals surface area contributed by atoms with E-state index in [0.717, 1.165) is 25.7 Å². The van der Waals surface area contributed by atoms with E-state index >= 15 is 0 Å². The summed E-state index contributed by atoms with van der Waals surface area (Å²) in [6, 6.07) is 5.14. The van der Waals surface area contributed by atoms with Gasteiger partial charge in [-0.1, -0.05) is 43.1 Å². The maximum Gasteiger partial charge on any atom is 0.315 e. The Bertz CT molecular complexity index is 614. The predicted octanol–water partition coefficient (Wildman–Crippen LogP) is 3.99. The van der Waals surface area contributed by atoms with Gasteiger partial charge in [0.15, 0.2) is 0 Å². The van der Waals surface area contributed by atoms with Gasteiger partial charge in [0.1, 0.15) is 0 Å². The van der Waals surface area contributed by atoms with Crippen LogP contribution in [0.1, 0.15) is 49.9 Å². The zero-order valence-electron chi connectivity index (χ0n) is 14.6. The summed E-state index contributed by atoms with van der Waals surface area (Å²) in [5.74, 6) is 0.216. The van der Waals surface area contributed by atoms with Crippen LogP contribution in [0.15, 0.2) is 18.2 Å². The largest absolute Gasteiger partial charge is 0.349 e. The van der Waals surface area contributed by atoms with E-state index in [9.17, 15) is 9.59 Å². The van der Waals surface area contributed by atoms with Crippen molar-refractivity contribution in [3.05, 3.63) is 33.8 Å². The van der Waals surface area contributed by atoms with Crippen molar-refractivity contribution in [1.82, 2.24) is 16.0 Å². The Balaban J connectivity index is 1.77. The molecule has 0 unspecified atom stereocenters. The number of benzene rings is 1. The van der Waals surface area contributed by atoms with E-state index < -0.39 is 0 Å². The molecule has 0 spiro atoms. The molecular formula is C18H25Cl2N3O2. The fourth-order valence-electron chi connectivity index (χ4n) is 2.86. The third-order valence-corrected chi connectivity index (χ3v) is 5.08. The first kappa shape index (κ1) is 19.9. The minimum Gasteiger partial charge on any atom is -0.349 e. The van der Waals surface area contributed by atoms with Crippen LogP contribution in [-0.4, -0.2) is 30.6 Å². The summed E-state index contributed by atoms with van der Waals surface area (Å²) in [6.45, 7) is 4.78. The van der Waals surface area contributed by atoms with E-state index in [1.165, 1.54) is 0 Å². The molecule has 0 bridgehead atoms. The van der Waals surface area contributed by atoms with Gasteiger partial charge in [-0.25, -0.2) is 4.79 Å². The first-order valence-electron chi connectivity index (χ1n) is 8.66. The molecule has 0 aliphatic heterocycles. The molecule has 1 saturated carbocycles. The number of hydrogen-bond acceptors (Lipinski definition) is 2. The van der Waals surface area contributed by atoms with Gasteiger partial charge in [0.25, 0.3) is 5.91 Å². The van der Waals surface area contributed by atoms with Crippen molar-refractivity contribution in [1.29, 1.82) is 0 Å². The summed E-state index contributed by atoms with van der Waals surface area (Å²) in [5, 5.41) is 9.51. The normalized spacial score (nSPS) is 20.2. The molecule has 5 nitrogen and oxygen atoms in total. The molecule has 0 aromatic heterocycles. The molecule has 0 radical (unpaired) electrons. The second-order valence-corrected chi connectivity index (χ2v) is 7.66. The molecule has 1 aliphatic rings. The second-order valence-electron chi connectivity index (χ2n) is 6.87. The molecule has 2 rings (SSSR count). The zero-order valence-corrected chi connectivity index (χ0v) is 16.1. The number of nitrogens with one attached hydrogen (secondary N) is 3. The molecule has 25 heavy (non-hydrogen) atoms. The monoisotopic (exact) mass is 385 g/mol. The molecule has 1 aromatic rings. The Labute approximate surface area is 158 Å². The minimum atomic E-state index is -0.210. The van der Waals surface area contributed by atoms with Gasteiger partial charge in [-0.2, -0.15) is 0 Å². The van der Waals surface area contributed by atoms with Crippen LogP contribution in [0.4, 0.5) is 4.79 Å². The van der Waals surface area contributed by atoms with Crippen molar-refractivity contribution in [3.8, 4) is 0 Å². The summed E-state index contributed by atoms with van der Waals surface area (Å²) in [5.41, 5.74) is 0.391. The summed E-state index contributed by atoms with van der Waals surface area (Å²) >= 11 is 12.0. The lowest BCUT2D eigenvalue weighted by Gasteiger charge is -2.30. The SMILES string of the molecule is CC(C)CNC(=O)NC1CCC(NC(=O)c2cccc(Cl)c2Cl)CC1. The lowest BCUT2D eigenvalue weighted by atomic mass is 9.91. The Kier molecular flexibility index (Phi) is 7.38. The van der Waals surface area contributed by atoms with Gasteiger partial charge >= 0.3 is 6.03 Å². The topological polar surface area (TPSA) is 70.2 Å². The second kappa shape index (κ2) is 9.30. The number of carbonyl (C=O) groups is 2. The molecule has 0 atom stereocenters. The third-order valence-electron chi connectivity index (χ3n) is 4.26. The van der Waals surface area contributed by atoms with E-state index in [0.29, 0.717) is 23.0 Å². The van der Waals surface area contributed by atoms with Crippen molar-refractivity contribution >= 4 is 35.1 Å². The minimum absolute atomic E-state index is 0.0827. The molecule has 3 amide bonds. The fourth-order valence-corrected chi connectivity index (χ4v) is 3.24. The van der Waals surface area contributed by atoms with Gasteiger partial charge in [0.05, 0.1) is 15.6 Å². The number of carbonyl (C=O) groups excluding carboxylic acids is 2. The Morgan fingerprint density at radius 2 is 1.68 bits per heavy atom. The van der Waals surface area contributed by atoms with Crippen LogP contribution in [0.5, 0.6) is 0 Å². The molecule has 0 saturated heterocycles. The molecular weight excluding hydrogens is 361 g/mol. The van der Waals surface area contributed by atoms with Gasteiger partial charge in [0.2, 0.25) is 0 Å². The summed E-state index contributed by atoms with van der Waals surface area (Å²) in [7, 11) is 0. The van der Waals surface area contributed by atoms with Crippen LogP contribution in [0.25, 0.3) is 0 Å². The highest BCUT2D eigenvalue weighted by molar-refractivity contribution is 6.43. The zero-order chi connectivity index (χ0) is 18.4. The van der Waals surface area contributed by atoms with Crippen LogP contribution in [0.2, 0.25) is 10.0 Å². The Morgan fingerprint density at radius 3 is 2.28 bits per heavy atom. The first-order chi connectivity index (χ1) is 11.9. The first-order valence-corrected chi connectivity index (χ1v) is 9.41. The Hall–Kier alpha value is -1.46. The highest BCUT2D eigenvalue weighted by Gasteiger charge is 2.24. The predicted molar refractivity (Wildman–Crippen MR) is 101 cm³/mol. The summed E-state index contributed by atoms with van der Waals surface area (Å²) < 4.78 is 0. The lowest BCUT2D eigenvalue weighted by Crippen LogP contribution is -2.47. The molecule has 3 N–H and O–H groups in total. The van der Waals surface area contributed by atoms with Crippen LogP contribution in [-0.2, 0) is 0 Å². The number of urea groups is 1. The standard InChI is InChI=1S/C18H25Cl2N3O2/c1-11(2)10-21-18(25)23-13-8-6-12(7-9-13)22-17(24)14-4-3-5-15(19)16(14)20/h3-5,11-13H,6-10H2,1-2H3,(H,22,24)(H2,21,23,25). The van der Waals surface area contributed by atoms with Crippen molar-refractivity contribution < 1.29 is 9.59 Å². The smallest absolute Gasteiger partial charge is 0.315 e. The molecule has 1 aliphatic carbocycles. The Morgan fingerprint density at radius 1 is 1.08 bits per heavy atom. The van der Waals surface area contributed by atoms with Gasteiger partial charge in [0, 0.05) is 18.6 Å². The van der Waals surface area contributed by atoms with Crippen LogP contribution in [0, 0.1) is 5.92 Å². The lowest BCUT2D eigenvalue weighted by molar-refractivity contribution is 0.0924. The average molecular weight is 386 g/mol. The average Bonchev–Trinajstić information content (AvgIpc) is 2.57. The van der Waals surface area contributed by atoms with E-state index in [2.05, 4.69) is 29.8 Å². The highest BCUT2D eigenvalue weighted by atomic mass is 35.5. The van der Waals surface area contributed by atoms with Crippen molar-refractivity contribution in [2.45, 2.75) is 51.6 Å². The van der Waals surface area contributed by atoms with E-state index in [4.69, 9.17) is 23.2 Å². The van der Waals surface area contributed by atoms with Crippen LogP contribution < -0.4 is 16.0 Å². The van der Waals surface area contributed by atoms with E-state index in [-0.39, 0.29) is 29.0 Å². The maximum absolute atomic E-state index is 12.4. The highest BCUT2D eigenvalue weighted by Crippen LogP contribution is 2.26. The molecule has 7 heteroatoms. The van der Waals surface area contributed by atoms with Crippen molar-refractivity contribution in [2.75, 3.05) is 6.54 Å². The fraction of sp³-hybridized carbons (Fsp3) is 0.556.